The molecule has 0 unspecified atom stereocenters. The average molecular weight is 310 g/mol. The number of halogens is 3. The second-order valence-corrected chi connectivity index (χ2v) is 4.56. The summed E-state index contributed by atoms with van der Waals surface area (Å²) in [5.41, 5.74) is 5.28. The van der Waals surface area contributed by atoms with Gasteiger partial charge in [-0.05, 0) is 18.6 Å². The summed E-state index contributed by atoms with van der Waals surface area (Å²) in [6.07, 6.45) is 1.09. The van der Waals surface area contributed by atoms with Crippen molar-refractivity contribution in [2.75, 3.05) is 6.61 Å². The van der Waals surface area contributed by atoms with E-state index in [9.17, 15) is 8.78 Å². The maximum atomic E-state index is 13.2. The quantitative estimate of drug-likeness (QED) is 0.515. The fourth-order valence-electron chi connectivity index (χ4n) is 1.07. The molecule has 2 N–H and O–H groups in total. The van der Waals surface area contributed by atoms with Gasteiger partial charge >= 0.3 is 0 Å². The third-order valence-electron chi connectivity index (χ3n) is 1.78. The monoisotopic (exact) mass is 309 g/mol. The van der Waals surface area contributed by atoms with E-state index < -0.39 is 11.6 Å². The van der Waals surface area contributed by atoms with Gasteiger partial charge in [-0.3, -0.25) is 0 Å². The summed E-state index contributed by atoms with van der Waals surface area (Å²) >= 11 is 7.73. The van der Waals surface area contributed by atoms with Gasteiger partial charge in [0.25, 0.3) is 0 Å². The molecule has 88 valence electrons. The molecular weight excluding hydrogens is 300 g/mol. The highest BCUT2D eigenvalue weighted by atomic mass is 79.9. The maximum Gasteiger partial charge on any atom is 0.200 e. The highest BCUT2D eigenvalue weighted by molar-refractivity contribution is 9.10. The molecule has 0 aliphatic rings. The second-order valence-electron chi connectivity index (χ2n) is 3.12. The van der Waals surface area contributed by atoms with E-state index in [-0.39, 0.29) is 12.4 Å². The molecule has 0 radical (unpaired) electrons. The van der Waals surface area contributed by atoms with E-state index in [0.29, 0.717) is 22.3 Å². The van der Waals surface area contributed by atoms with E-state index in [0.717, 1.165) is 6.07 Å². The molecule has 0 atom stereocenters. The van der Waals surface area contributed by atoms with Crippen molar-refractivity contribution in [2.45, 2.75) is 12.8 Å². The molecule has 1 aromatic rings. The molecule has 0 aliphatic heterocycles. The Kier molecular flexibility index (Phi) is 5.08. The summed E-state index contributed by atoms with van der Waals surface area (Å²) in [6, 6.07) is 2.41. The summed E-state index contributed by atoms with van der Waals surface area (Å²) in [4.78, 5) is 0.379. The summed E-state index contributed by atoms with van der Waals surface area (Å²) in [5, 5.41) is 0. The third kappa shape index (κ3) is 4.02. The van der Waals surface area contributed by atoms with Gasteiger partial charge in [-0.1, -0.05) is 28.1 Å². The van der Waals surface area contributed by atoms with Gasteiger partial charge in [-0.15, -0.1) is 0 Å². The fraction of sp³-hybridized carbons (Fsp3) is 0.300. The SMILES string of the molecule is NC(=S)CCCOc1cc(Br)cc(F)c1F. The van der Waals surface area contributed by atoms with Crippen LogP contribution in [-0.2, 0) is 0 Å². The van der Waals surface area contributed by atoms with Crippen molar-refractivity contribution >= 4 is 33.1 Å². The molecule has 0 spiro atoms. The van der Waals surface area contributed by atoms with Gasteiger partial charge in [0.05, 0.1) is 11.6 Å². The Morgan fingerprint density at radius 1 is 1.44 bits per heavy atom. The van der Waals surface area contributed by atoms with E-state index >= 15 is 0 Å². The fourth-order valence-corrected chi connectivity index (χ4v) is 1.62. The van der Waals surface area contributed by atoms with Crippen molar-refractivity contribution in [1.82, 2.24) is 0 Å². The number of hydrogen-bond donors (Lipinski definition) is 1. The number of thiocarbonyl (C=S) groups is 1. The zero-order chi connectivity index (χ0) is 12.1. The minimum atomic E-state index is -0.987. The van der Waals surface area contributed by atoms with E-state index in [1.807, 2.05) is 0 Å². The number of nitrogens with two attached hydrogens (primary N) is 1. The first-order valence-electron chi connectivity index (χ1n) is 4.56. The zero-order valence-corrected chi connectivity index (χ0v) is 10.7. The first kappa shape index (κ1) is 13.3. The van der Waals surface area contributed by atoms with Crippen LogP contribution in [0.1, 0.15) is 12.8 Å². The molecule has 2 nitrogen and oxygen atoms in total. The maximum absolute atomic E-state index is 13.2. The second kappa shape index (κ2) is 6.10. The largest absolute Gasteiger partial charge is 0.490 e. The molecule has 16 heavy (non-hydrogen) atoms. The van der Waals surface area contributed by atoms with Crippen LogP contribution in [0.4, 0.5) is 8.78 Å². The highest BCUT2D eigenvalue weighted by Gasteiger charge is 2.10. The van der Waals surface area contributed by atoms with E-state index in [1.165, 1.54) is 6.07 Å². The lowest BCUT2D eigenvalue weighted by Gasteiger charge is -2.07. The van der Waals surface area contributed by atoms with Crippen LogP contribution < -0.4 is 10.5 Å². The number of ether oxygens (including phenoxy) is 1. The van der Waals surface area contributed by atoms with Crippen LogP contribution in [0.2, 0.25) is 0 Å². The Labute approximate surface area is 106 Å². The van der Waals surface area contributed by atoms with Crippen LogP contribution in [0.25, 0.3) is 0 Å². The summed E-state index contributed by atoms with van der Waals surface area (Å²) in [5.74, 6) is -2.05. The molecule has 0 aromatic heterocycles. The first-order chi connectivity index (χ1) is 7.50. The lowest BCUT2D eigenvalue weighted by Crippen LogP contribution is -2.10. The van der Waals surface area contributed by atoms with Crippen LogP contribution in [0.5, 0.6) is 5.75 Å². The Bertz CT molecular complexity index is 401. The van der Waals surface area contributed by atoms with Crippen molar-refractivity contribution < 1.29 is 13.5 Å². The molecule has 1 aromatic carbocycles. The van der Waals surface area contributed by atoms with Crippen LogP contribution in [-0.4, -0.2) is 11.6 Å². The summed E-state index contributed by atoms with van der Waals surface area (Å²) < 4.78 is 31.7. The Balaban J connectivity index is 2.57. The Hall–Kier alpha value is -0.750. The molecular formula is C10H10BrF2NOS. The van der Waals surface area contributed by atoms with Crippen molar-refractivity contribution in [3.63, 3.8) is 0 Å². The smallest absolute Gasteiger partial charge is 0.200 e. The molecule has 0 aliphatic carbocycles. The van der Waals surface area contributed by atoms with Gasteiger partial charge in [0.1, 0.15) is 0 Å². The number of hydrogen-bond acceptors (Lipinski definition) is 2. The lowest BCUT2D eigenvalue weighted by atomic mass is 10.3. The molecule has 0 saturated heterocycles. The highest BCUT2D eigenvalue weighted by Crippen LogP contribution is 2.25. The summed E-state index contributed by atoms with van der Waals surface area (Å²) in [6.45, 7) is 0.240. The van der Waals surface area contributed by atoms with Crippen LogP contribution in [0.15, 0.2) is 16.6 Å². The summed E-state index contributed by atoms with van der Waals surface area (Å²) in [7, 11) is 0. The van der Waals surface area contributed by atoms with Gasteiger partial charge in [0, 0.05) is 10.9 Å². The van der Waals surface area contributed by atoms with Crippen molar-refractivity contribution in [1.29, 1.82) is 0 Å². The third-order valence-corrected chi connectivity index (χ3v) is 2.45. The van der Waals surface area contributed by atoms with Gasteiger partial charge in [0.15, 0.2) is 11.6 Å². The molecule has 0 amide bonds. The van der Waals surface area contributed by atoms with Gasteiger partial charge < -0.3 is 10.5 Å². The van der Waals surface area contributed by atoms with Gasteiger partial charge in [-0.25, -0.2) is 4.39 Å². The Morgan fingerprint density at radius 2 is 2.12 bits per heavy atom. The van der Waals surface area contributed by atoms with Gasteiger partial charge in [0.2, 0.25) is 5.82 Å². The predicted octanol–water partition coefficient (Wildman–Crippen LogP) is 3.17. The standard InChI is InChI=1S/C10H10BrF2NOS/c11-6-4-7(12)10(13)8(5-6)15-3-1-2-9(14)16/h4-5H,1-3H2,(H2,14,16). The van der Waals surface area contributed by atoms with Crippen molar-refractivity contribution in [3.05, 3.63) is 28.2 Å². The van der Waals surface area contributed by atoms with Crippen LogP contribution >= 0.6 is 28.1 Å². The molecule has 0 bridgehead atoms. The molecule has 0 saturated carbocycles. The Morgan fingerprint density at radius 3 is 2.75 bits per heavy atom. The normalized spacial score (nSPS) is 10.2. The number of benzene rings is 1. The van der Waals surface area contributed by atoms with Crippen LogP contribution in [0, 0.1) is 11.6 Å². The van der Waals surface area contributed by atoms with Crippen LogP contribution in [0.3, 0.4) is 0 Å². The zero-order valence-electron chi connectivity index (χ0n) is 8.30. The molecule has 1 rings (SSSR count). The van der Waals surface area contributed by atoms with E-state index in [1.54, 1.807) is 0 Å². The van der Waals surface area contributed by atoms with E-state index in [2.05, 4.69) is 28.1 Å². The van der Waals surface area contributed by atoms with Crippen molar-refractivity contribution in [3.8, 4) is 5.75 Å². The lowest BCUT2D eigenvalue weighted by molar-refractivity contribution is 0.292. The minimum absolute atomic E-state index is 0.116. The van der Waals surface area contributed by atoms with E-state index in [4.69, 9.17) is 10.5 Å². The molecule has 0 heterocycles. The predicted molar refractivity (Wildman–Crippen MR) is 65.6 cm³/mol. The van der Waals surface area contributed by atoms with Crippen molar-refractivity contribution in [2.24, 2.45) is 5.73 Å². The molecule has 0 fully saturated rings. The number of rotatable bonds is 5. The molecule has 6 heteroatoms. The van der Waals surface area contributed by atoms with Gasteiger partial charge in [-0.2, -0.15) is 4.39 Å². The average Bonchev–Trinajstić information content (AvgIpc) is 2.19. The topological polar surface area (TPSA) is 35.2 Å². The first-order valence-corrected chi connectivity index (χ1v) is 5.76. The minimum Gasteiger partial charge on any atom is -0.490 e.